The first-order valence-electron chi connectivity index (χ1n) is 4.30. The average molecular weight is 288 g/mol. The molecule has 1 aromatic carbocycles. The molecular weight excluding hydrogens is 278 g/mol. The van der Waals surface area contributed by atoms with Crippen LogP contribution in [0.5, 0.6) is 0 Å². The smallest absolute Gasteiger partial charge is 0.373 e. The Kier molecular flexibility index (Phi) is 3.82. The summed E-state index contributed by atoms with van der Waals surface area (Å²) < 4.78 is 2.89. The first-order valence-corrected chi connectivity index (χ1v) is 5.18. The zero-order valence-electron chi connectivity index (χ0n) is 8.05. The van der Waals surface area contributed by atoms with Crippen molar-refractivity contribution in [1.82, 2.24) is 0 Å². The summed E-state index contributed by atoms with van der Waals surface area (Å²) in [6, 6.07) is 7.29. The minimum absolute atomic E-state index is 0. The van der Waals surface area contributed by atoms with Crippen molar-refractivity contribution in [3.63, 3.8) is 0 Å². The van der Waals surface area contributed by atoms with E-state index in [-0.39, 0.29) is 17.0 Å². The van der Waals surface area contributed by atoms with Crippen molar-refractivity contribution in [2.45, 2.75) is 13.0 Å². The highest BCUT2D eigenvalue weighted by atomic mass is 79.9. The Bertz CT molecular complexity index is 483. The van der Waals surface area contributed by atoms with Gasteiger partial charge in [-0.2, -0.15) is 4.57 Å². The van der Waals surface area contributed by atoms with Gasteiger partial charge in [-0.05, 0) is 6.07 Å². The molecule has 1 unspecified atom stereocenters. The zero-order chi connectivity index (χ0) is 10.1. The molecule has 0 amide bonds. The van der Waals surface area contributed by atoms with E-state index in [4.69, 9.17) is 5.11 Å². The monoisotopic (exact) mass is 287 g/mol. The number of hydrogen-bond donors (Lipinski definition) is 1. The van der Waals surface area contributed by atoms with Gasteiger partial charge in [0.1, 0.15) is 4.70 Å². The molecule has 0 saturated heterocycles. The van der Waals surface area contributed by atoms with Crippen molar-refractivity contribution in [2.75, 3.05) is 0 Å². The van der Waals surface area contributed by atoms with Gasteiger partial charge in [-0.15, -0.1) is 0 Å². The first-order chi connectivity index (χ1) is 6.70. The molecule has 0 bridgehead atoms. The average Bonchev–Trinajstić information content (AvgIpc) is 2.60. The maximum Gasteiger partial charge on any atom is 0.373 e. The van der Waals surface area contributed by atoms with Gasteiger partial charge in [0, 0.05) is 13.0 Å². The molecule has 1 N–H and O–H groups in total. The highest BCUT2D eigenvalue weighted by molar-refractivity contribution is 7.16. The van der Waals surface area contributed by atoms with E-state index in [2.05, 4.69) is 0 Å². The lowest BCUT2D eigenvalue weighted by molar-refractivity contribution is -0.678. The van der Waals surface area contributed by atoms with Crippen molar-refractivity contribution in [3.8, 4) is 0 Å². The van der Waals surface area contributed by atoms with E-state index >= 15 is 0 Å². The van der Waals surface area contributed by atoms with E-state index in [1.54, 1.807) is 22.8 Å². The molecule has 0 fully saturated rings. The van der Waals surface area contributed by atoms with Crippen LogP contribution >= 0.6 is 11.3 Å². The molecule has 80 valence electrons. The Morgan fingerprint density at radius 1 is 1.47 bits per heavy atom. The van der Waals surface area contributed by atoms with Crippen LogP contribution in [0.15, 0.2) is 29.8 Å². The fourth-order valence-electron chi connectivity index (χ4n) is 1.36. The number of thiazole rings is 1. The Hall–Kier alpha value is -0.940. The Balaban J connectivity index is 0.00000112. The number of carboxylic acid groups (broad SMARTS) is 1. The number of aromatic nitrogens is 1. The van der Waals surface area contributed by atoms with Crippen LogP contribution in [0.4, 0.5) is 0 Å². The van der Waals surface area contributed by atoms with Gasteiger partial charge in [0.15, 0.2) is 0 Å². The van der Waals surface area contributed by atoms with Gasteiger partial charge in [-0.25, -0.2) is 4.79 Å². The maximum absolute atomic E-state index is 10.8. The van der Waals surface area contributed by atoms with Crippen LogP contribution in [0.2, 0.25) is 0 Å². The third-order valence-electron chi connectivity index (χ3n) is 2.21. The molecule has 15 heavy (non-hydrogen) atoms. The van der Waals surface area contributed by atoms with Gasteiger partial charge in [0.25, 0.3) is 6.04 Å². The number of nitrogens with zero attached hydrogens (tertiary/aromatic N) is 1. The number of para-hydroxylation sites is 1. The first kappa shape index (κ1) is 12.1. The topological polar surface area (TPSA) is 41.2 Å². The molecular formula is C10H10BrNO2S. The molecule has 2 aromatic rings. The number of aliphatic carboxylic acids is 1. The molecule has 0 aliphatic rings. The summed E-state index contributed by atoms with van der Waals surface area (Å²) >= 11 is 1.56. The minimum Gasteiger partial charge on any atom is -1.00 e. The summed E-state index contributed by atoms with van der Waals surface area (Å²) in [5, 5.41) is 8.90. The van der Waals surface area contributed by atoms with Crippen LogP contribution in [0.25, 0.3) is 10.2 Å². The summed E-state index contributed by atoms with van der Waals surface area (Å²) in [7, 11) is 0. The molecule has 0 aliphatic heterocycles. The van der Waals surface area contributed by atoms with Gasteiger partial charge < -0.3 is 22.1 Å². The van der Waals surface area contributed by atoms with Gasteiger partial charge in [0.05, 0.1) is 0 Å². The van der Waals surface area contributed by atoms with Crippen molar-refractivity contribution < 1.29 is 31.4 Å². The number of fused-ring (bicyclic) bond motifs is 1. The van der Waals surface area contributed by atoms with Crippen LogP contribution in [-0.2, 0) is 4.79 Å². The molecule has 2 rings (SSSR count). The molecule has 5 heteroatoms. The largest absolute Gasteiger partial charge is 1.00 e. The SMILES string of the molecule is CC(C(=O)O)[n+]1csc2ccccc21.[Br-]. The second-order valence-electron chi connectivity index (χ2n) is 3.11. The van der Waals surface area contributed by atoms with Crippen LogP contribution in [0.3, 0.4) is 0 Å². The summed E-state index contributed by atoms with van der Waals surface area (Å²) in [5.41, 5.74) is 2.83. The summed E-state index contributed by atoms with van der Waals surface area (Å²) in [5.74, 6) is -0.807. The number of carboxylic acids is 1. The van der Waals surface area contributed by atoms with Crippen LogP contribution in [-0.4, -0.2) is 11.1 Å². The van der Waals surface area contributed by atoms with Crippen LogP contribution < -0.4 is 21.5 Å². The van der Waals surface area contributed by atoms with E-state index in [0.717, 1.165) is 10.2 Å². The van der Waals surface area contributed by atoms with E-state index in [1.165, 1.54) is 0 Å². The van der Waals surface area contributed by atoms with Gasteiger partial charge in [-0.1, -0.05) is 23.5 Å². The predicted molar refractivity (Wildman–Crippen MR) is 54.4 cm³/mol. The van der Waals surface area contributed by atoms with Crippen molar-refractivity contribution in [1.29, 1.82) is 0 Å². The predicted octanol–water partition coefficient (Wildman–Crippen LogP) is -1.16. The number of carbonyl (C=O) groups is 1. The van der Waals surface area contributed by atoms with Crippen LogP contribution in [0, 0.1) is 0 Å². The maximum atomic E-state index is 10.8. The summed E-state index contributed by atoms with van der Waals surface area (Å²) in [6.45, 7) is 1.68. The van der Waals surface area contributed by atoms with Crippen molar-refractivity contribution in [3.05, 3.63) is 29.8 Å². The molecule has 0 radical (unpaired) electrons. The summed E-state index contributed by atoms with van der Waals surface area (Å²) in [6.07, 6.45) is 0. The van der Waals surface area contributed by atoms with E-state index in [1.807, 2.05) is 29.8 Å². The molecule has 3 nitrogen and oxygen atoms in total. The Morgan fingerprint density at radius 3 is 2.80 bits per heavy atom. The van der Waals surface area contributed by atoms with Gasteiger partial charge >= 0.3 is 5.97 Å². The normalized spacial score (nSPS) is 12.1. The highest BCUT2D eigenvalue weighted by Gasteiger charge is 2.24. The Morgan fingerprint density at radius 2 is 2.13 bits per heavy atom. The lowest BCUT2D eigenvalue weighted by Crippen LogP contribution is -3.00. The second kappa shape index (κ2) is 4.72. The van der Waals surface area contributed by atoms with Gasteiger partial charge in [-0.3, -0.25) is 0 Å². The van der Waals surface area contributed by atoms with Gasteiger partial charge in [0.2, 0.25) is 11.0 Å². The number of rotatable bonds is 2. The lowest BCUT2D eigenvalue weighted by Gasteiger charge is -1.98. The molecule has 0 saturated carbocycles. The van der Waals surface area contributed by atoms with Crippen molar-refractivity contribution in [2.24, 2.45) is 0 Å². The quantitative estimate of drug-likeness (QED) is 0.708. The molecule has 1 aromatic heterocycles. The molecule has 1 heterocycles. The summed E-state index contributed by atoms with van der Waals surface area (Å²) in [4.78, 5) is 10.8. The molecule has 0 aliphatic carbocycles. The second-order valence-corrected chi connectivity index (χ2v) is 4.00. The zero-order valence-corrected chi connectivity index (χ0v) is 10.5. The third kappa shape index (κ3) is 2.18. The lowest BCUT2D eigenvalue weighted by atomic mass is 10.3. The van der Waals surface area contributed by atoms with Crippen LogP contribution in [0.1, 0.15) is 13.0 Å². The standard InChI is InChI=1S/C10H9NO2S.BrH/c1-7(10(12)13)11-6-14-9-5-3-2-4-8(9)11;/h2-7H,1H3;1H. The third-order valence-corrected chi connectivity index (χ3v) is 3.14. The minimum atomic E-state index is -0.807. The Labute approximate surface area is 102 Å². The molecule has 0 spiro atoms. The number of halogens is 1. The van der Waals surface area contributed by atoms with E-state index in [9.17, 15) is 4.79 Å². The fourth-order valence-corrected chi connectivity index (χ4v) is 2.33. The highest BCUT2D eigenvalue weighted by Crippen LogP contribution is 2.16. The van der Waals surface area contributed by atoms with Crippen molar-refractivity contribution >= 4 is 27.5 Å². The van der Waals surface area contributed by atoms with E-state index in [0.29, 0.717) is 0 Å². The van der Waals surface area contributed by atoms with E-state index < -0.39 is 12.0 Å². The fraction of sp³-hybridized carbons (Fsp3) is 0.200. The number of benzene rings is 1. The number of hydrogen-bond acceptors (Lipinski definition) is 2. The molecule has 1 atom stereocenters.